The highest BCUT2D eigenvalue weighted by Crippen LogP contribution is 2.22. The van der Waals surface area contributed by atoms with Crippen molar-refractivity contribution in [3.05, 3.63) is 33.9 Å². The molecule has 1 aromatic rings. The quantitative estimate of drug-likeness (QED) is 0.318. The summed E-state index contributed by atoms with van der Waals surface area (Å²) >= 11 is 0. The topological polar surface area (TPSA) is 146 Å². The van der Waals surface area contributed by atoms with Crippen molar-refractivity contribution in [2.75, 3.05) is 13.2 Å². The van der Waals surface area contributed by atoms with Crippen molar-refractivity contribution in [3.63, 3.8) is 0 Å². The lowest BCUT2D eigenvalue weighted by Crippen LogP contribution is -2.41. The van der Waals surface area contributed by atoms with Crippen molar-refractivity contribution in [1.29, 1.82) is 0 Å². The van der Waals surface area contributed by atoms with Gasteiger partial charge in [-0.1, -0.05) is 12.1 Å². The fourth-order valence-corrected chi connectivity index (χ4v) is 2.07. The van der Waals surface area contributed by atoms with Crippen molar-refractivity contribution in [3.8, 4) is 5.75 Å². The van der Waals surface area contributed by atoms with E-state index < -0.39 is 28.2 Å². The first kappa shape index (κ1) is 17.3. The van der Waals surface area contributed by atoms with E-state index in [0.29, 0.717) is 6.61 Å². The molecular formula is C14H15N4O6-. The zero-order valence-corrected chi connectivity index (χ0v) is 12.6. The zero-order chi connectivity index (χ0) is 17.5. The molecule has 10 heteroatoms. The Morgan fingerprint density at radius 1 is 1.42 bits per heavy atom. The number of amides is 2. The molecule has 10 nitrogen and oxygen atoms in total. The van der Waals surface area contributed by atoms with Crippen LogP contribution in [0.4, 0.5) is 5.69 Å². The van der Waals surface area contributed by atoms with Crippen molar-refractivity contribution in [2.45, 2.75) is 18.9 Å². The number of carbonyl (C=O) groups is 2. The summed E-state index contributed by atoms with van der Waals surface area (Å²) < 4.78 is 5.31. The molecule has 1 fully saturated rings. The van der Waals surface area contributed by atoms with Gasteiger partial charge >= 0.3 is 11.8 Å². The van der Waals surface area contributed by atoms with E-state index in [0.717, 1.165) is 31.2 Å². The van der Waals surface area contributed by atoms with Crippen LogP contribution in [0.2, 0.25) is 0 Å². The SMILES string of the molecule is O=C(NC[C@H]1CCCO1)C(=O)N/N=C\c1ccc([O-])c([N+](=O)[O-])c1. The molecule has 1 aromatic carbocycles. The molecule has 2 N–H and O–H groups in total. The van der Waals surface area contributed by atoms with Crippen molar-refractivity contribution >= 4 is 23.7 Å². The molecule has 1 atom stereocenters. The Bertz CT molecular complexity index is 669. The molecule has 1 heterocycles. The summed E-state index contributed by atoms with van der Waals surface area (Å²) in [6, 6.07) is 3.35. The van der Waals surface area contributed by atoms with Crippen LogP contribution >= 0.6 is 0 Å². The van der Waals surface area contributed by atoms with Crippen LogP contribution in [-0.2, 0) is 14.3 Å². The summed E-state index contributed by atoms with van der Waals surface area (Å²) in [6.07, 6.45) is 2.76. The molecular weight excluding hydrogens is 320 g/mol. The fraction of sp³-hybridized carbons (Fsp3) is 0.357. The smallest absolute Gasteiger partial charge is 0.329 e. The Labute approximate surface area is 136 Å². The summed E-state index contributed by atoms with van der Waals surface area (Å²) in [5.74, 6) is -2.56. The minimum atomic E-state index is -0.973. The number of nitrogens with zero attached hydrogens (tertiary/aromatic N) is 2. The number of ether oxygens (including phenoxy) is 1. The zero-order valence-electron chi connectivity index (χ0n) is 12.6. The maximum atomic E-state index is 11.5. The van der Waals surface area contributed by atoms with Crippen LogP contribution in [0.5, 0.6) is 5.75 Å². The van der Waals surface area contributed by atoms with Gasteiger partial charge in [0.05, 0.1) is 17.2 Å². The Hall–Kier alpha value is -3.01. The van der Waals surface area contributed by atoms with Crippen LogP contribution in [0.15, 0.2) is 23.3 Å². The highest BCUT2D eigenvalue weighted by Gasteiger charge is 2.18. The molecule has 0 aromatic heterocycles. The first-order chi connectivity index (χ1) is 11.5. The molecule has 0 aliphatic carbocycles. The third kappa shape index (κ3) is 4.74. The number of carbonyl (C=O) groups excluding carboxylic acids is 2. The van der Waals surface area contributed by atoms with Crippen LogP contribution in [0.1, 0.15) is 18.4 Å². The van der Waals surface area contributed by atoms with E-state index in [2.05, 4.69) is 10.4 Å². The molecule has 0 saturated carbocycles. The normalized spacial score (nSPS) is 16.9. The second-order valence-corrected chi connectivity index (χ2v) is 5.03. The molecule has 0 radical (unpaired) electrons. The summed E-state index contributed by atoms with van der Waals surface area (Å²) in [7, 11) is 0. The minimum Gasteiger partial charge on any atom is -0.868 e. The van der Waals surface area contributed by atoms with Crippen LogP contribution in [0.25, 0.3) is 0 Å². The van der Waals surface area contributed by atoms with E-state index in [1.807, 2.05) is 5.43 Å². The number of hydrogen-bond acceptors (Lipinski definition) is 7. The fourth-order valence-electron chi connectivity index (χ4n) is 2.07. The van der Waals surface area contributed by atoms with Gasteiger partial charge in [-0.3, -0.25) is 19.7 Å². The minimum absolute atomic E-state index is 0.0867. The summed E-state index contributed by atoms with van der Waals surface area (Å²) in [5, 5.41) is 27.9. The first-order valence-electron chi connectivity index (χ1n) is 7.15. The highest BCUT2D eigenvalue weighted by molar-refractivity contribution is 6.35. The number of nitro benzene ring substituents is 1. The van der Waals surface area contributed by atoms with Crippen LogP contribution in [0.3, 0.4) is 0 Å². The molecule has 24 heavy (non-hydrogen) atoms. The maximum Gasteiger partial charge on any atom is 0.329 e. The molecule has 2 amide bonds. The Kier molecular flexibility index (Phi) is 5.79. The number of hydrogen-bond donors (Lipinski definition) is 2. The highest BCUT2D eigenvalue weighted by atomic mass is 16.6. The average Bonchev–Trinajstić information content (AvgIpc) is 3.07. The Morgan fingerprint density at radius 2 is 2.21 bits per heavy atom. The molecule has 0 bridgehead atoms. The first-order valence-corrected chi connectivity index (χ1v) is 7.15. The lowest BCUT2D eigenvalue weighted by Gasteiger charge is -2.09. The Morgan fingerprint density at radius 3 is 2.88 bits per heavy atom. The largest absolute Gasteiger partial charge is 0.868 e. The number of nitrogens with one attached hydrogen (secondary N) is 2. The molecule has 1 aliphatic heterocycles. The van der Waals surface area contributed by atoms with E-state index in [1.54, 1.807) is 0 Å². The third-order valence-corrected chi connectivity index (χ3v) is 3.28. The Balaban J connectivity index is 1.84. The van der Waals surface area contributed by atoms with E-state index >= 15 is 0 Å². The lowest BCUT2D eigenvalue weighted by molar-refractivity contribution is -0.398. The van der Waals surface area contributed by atoms with Crippen molar-refractivity contribution in [2.24, 2.45) is 5.10 Å². The molecule has 128 valence electrons. The lowest BCUT2D eigenvalue weighted by atomic mass is 10.2. The molecule has 0 unspecified atom stereocenters. The van der Waals surface area contributed by atoms with Gasteiger partial charge in [-0.2, -0.15) is 5.10 Å². The number of benzene rings is 1. The van der Waals surface area contributed by atoms with E-state index in [-0.39, 0.29) is 18.2 Å². The number of rotatable bonds is 5. The monoisotopic (exact) mass is 335 g/mol. The van der Waals surface area contributed by atoms with E-state index in [1.165, 1.54) is 6.07 Å². The second-order valence-electron chi connectivity index (χ2n) is 5.03. The van der Waals surface area contributed by atoms with Gasteiger partial charge in [-0.25, -0.2) is 5.43 Å². The molecule has 0 spiro atoms. The van der Waals surface area contributed by atoms with Gasteiger partial charge in [0.2, 0.25) is 0 Å². The maximum absolute atomic E-state index is 11.5. The van der Waals surface area contributed by atoms with Gasteiger partial charge in [0.1, 0.15) is 0 Å². The average molecular weight is 335 g/mol. The summed E-state index contributed by atoms with van der Waals surface area (Å²) in [6.45, 7) is 0.887. The summed E-state index contributed by atoms with van der Waals surface area (Å²) in [4.78, 5) is 32.9. The summed E-state index contributed by atoms with van der Waals surface area (Å²) in [5.41, 5.74) is 1.64. The van der Waals surface area contributed by atoms with Gasteiger partial charge in [0, 0.05) is 24.8 Å². The van der Waals surface area contributed by atoms with Crippen LogP contribution in [0, 0.1) is 10.1 Å². The number of hydrazone groups is 1. The van der Waals surface area contributed by atoms with E-state index in [9.17, 15) is 24.8 Å². The van der Waals surface area contributed by atoms with E-state index in [4.69, 9.17) is 4.74 Å². The predicted molar refractivity (Wildman–Crippen MR) is 80.3 cm³/mol. The van der Waals surface area contributed by atoms with Gasteiger partial charge in [0.15, 0.2) is 0 Å². The third-order valence-electron chi connectivity index (χ3n) is 3.28. The van der Waals surface area contributed by atoms with Crippen LogP contribution < -0.4 is 15.8 Å². The second kappa shape index (κ2) is 8.02. The van der Waals surface area contributed by atoms with Gasteiger partial charge < -0.3 is 15.2 Å². The van der Waals surface area contributed by atoms with Gasteiger partial charge in [-0.05, 0) is 18.6 Å². The van der Waals surface area contributed by atoms with Crippen molar-refractivity contribution in [1.82, 2.24) is 10.7 Å². The standard InChI is InChI=1S/C14H16N4O6/c19-12-4-3-9(6-11(12)18(22)23)7-16-17-14(21)13(20)15-8-10-2-1-5-24-10/h3-4,6-7,10,19H,1-2,5,8H2,(H,15,20)(H,17,21)/p-1/b16-7-/t10-/m1/s1. The molecule has 2 rings (SSSR count). The molecule has 1 aliphatic rings. The van der Waals surface area contributed by atoms with Crippen LogP contribution in [-0.4, -0.2) is 42.2 Å². The molecule has 1 saturated heterocycles. The van der Waals surface area contributed by atoms with Crippen molar-refractivity contribution < 1.29 is 24.4 Å². The van der Waals surface area contributed by atoms with Gasteiger partial charge in [0.25, 0.3) is 5.69 Å². The predicted octanol–water partition coefficient (Wildman–Crippen LogP) is -0.586. The number of nitro groups is 1. The van der Waals surface area contributed by atoms with Gasteiger partial charge in [-0.15, -0.1) is 0 Å².